The molecule has 0 saturated carbocycles. The molecule has 0 heterocycles. The molecule has 0 fully saturated rings. The van der Waals surface area contributed by atoms with E-state index >= 15 is 0 Å². The van der Waals surface area contributed by atoms with Crippen molar-refractivity contribution in [3.8, 4) is 11.8 Å². The van der Waals surface area contributed by atoms with Crippen LogP contribution in [0.3, 0.4) is 0 Å². The number of hydrogen-bond donors (Lipinski definition) is 2. The van der Waals surface area contributed by atoms with Crippen LogP contribution in [0.25, 0.3) is 0 Å². The van der Waals surface area contributed by atoms with Crippen LogP contribution in [0, 0.1) is 11.8 Å². The first-order valence-corrected chi connectivity index (χ1v) is 6.18. The van der Waals surface area contributed by atoms with E-state index in [2.05, 4.69) is 17.2 Å². The Bertz CT molecular complexity index is 469. The van der Waals surface area contributed by atoms with Gasteiger partial charge in [0.05, 0.1) is 0 Å². The SMILES string of the molecule is CC(CN(C)C)NC(=O)c1ccc(C#CCO)cc1. The number of amides is 1. The van der Waals surface area contributed by atoms with Gasteiger partial charge in [0.2, 0.25) is 0 Å². The molecular formula is C15H20N2O2. The van der Waals surface area contributed by atoms with E-state index < -0.39 is 0 Å². The van der Waals surface area contributed by atoms with Gasteiger partial charge < -0.3 is 15.3 Å². The van der Waals surface area contributed by atoms with E-state index in [0.717, 1.165) is 12.1 Å². The number of nitrogens with one attached hydrogen (secondary N) is 1. The monoisotopic (exact) mass is 260 g/mol. The lowest BCUT2D eigenvalue weighted by Gasteiger charge is -2.18. The lowest BCUT2D eigenvalue weighted by atomic mass is 10.1. The molecule has 19 heavy (non-hydrogen) atoms. The van der Waals surface area contributed by atoms with Gasteiger partial charge >= 0.3 is 0 Å². The molecule has 1 atom stereocenters. The molecule has 102 valence electrons. The number of aliphatic hydroxyl groups is 1. The number of hydrogen-bond acceptors (Lipinski definition) is 3. The number of carbonyl (C=O) groups excluding carboxylic acids is 1. The number of carbonyl (C=O) groups is 1. The van der Waals surface area contributed by atoms with E-state index in [9.17, 15) is 4.79 Å². The minimum atomic E-state index is -0.162. The van der Waals surface area contributed by atoms with Crippen molar-refractivity contribution in [3.05, 3.63) is 35.4 Å². The van der Waals surface area contributed by atoms with Gasteiger partial charge in [0.15, 0.2) is 0 Å². The zero-order valence-electron chi connectivity index (χ0n) is 11.6. The molecule has 0 aliphatic carbocycles. The standard InChI is InChI=1S/C15H20N2O2/c1-12(11-17(2)3)16-15(19)14-8-6-13(7-9-14)5-4-10-18/h6-9,12,18H,10-11H2,1-3H3,(H,16,19). The first-order valence-electron chi connectivity index (χ1n) is 6.18. The highest BCUT2D eigenvalue weighted by atomic mass is 16.2. The minimum Gasteiger partial charge on any atom is -0.384 e. The Kier molecular flexibility index (Phi) is 6.07. The molecular weight excluding hydrogens is 240 g/mol. The predicted octanol–water partition coefficient (Wildman–Crippen LogP) is 0.710. The molecule has 1 rings (SSSR count). The zero-order chi connectivity index (χ0) is 14.3. The maximum Gasteiger partial charge on any atom is 0.251 e. The van der Waals surface area contributed by atoms with Gasteiger partial charge in [-0.25, -0.2) is 0 Å². The lowest BCUT2D eigenvalue weighted by Crippen LogP contribution is -2.39. The molecule has 1 aromatic carbocycles. The third kappa shape index (κ3) is 5.56. The fourth-order valence-electron chi connectivity index (χ4n) is 1.75. The highest BCUT2D eigenvalue weighted by Crippen LogP contribution is 2.03. The van der Waals surface area contributed by atoms with Gasteiger partial charge in [-0.2, -0.15) is 0 Å². The van der Waals surface area contributed by atoms with Crippen LogP contribution in [0.5, 0.6) is 0 Å². The van der Waals surface area contributed by atoms with Gasteiger partial charge in [-0.1, -0.05) is 11.8 Å². The number of aliphatic hydroxyl groups excluding tert-OH is 1. The van der Waals surface area contributed by atoms with Crippen LogP contribution in [0.15, 0.2) is 24.3 Å². The first kappa shape index (κ1) is 15.2. The van der Waals surface area contributed by atoms with Crippen molar-refractivity contribution in [1.29, 1.82) is 0 Å². The van der Waals surface area contributed by atoms with Crippen LogP contribution >= 0.6 is 0 Å². The summed E-state index contributed by atoms with van der Waals surface area (Å²) in [6.07, 6.45) is 0. The van der Waals surface area contributed by atoms with Gasteiger partial charge in [-0.15, -0.1) is 0 Å². The molecule has 0 aliphatic rings. The Hall–Kier alpha value is -1.83. The zero-order valence-corrected chi connectivity index (χ0v) is 11.6. The highest BCUT2D eigenvalue weighted by Gasteiger charge is 2.09. The van der Waals surface area contributed by atoms with Crippen LogP contribution in [0.2, 0.25) is 0 Å². The average Bonchev–Trinajstić information content (AvgIpc) is 2.35. The minimum absolute atomic E-state index is 0.0870. The summed E-state index contributed by atoms with van der Waals surface area (Å²) >= 11 is 0. The fourth-order valence-corrected chi connectivity index (χ4v) is 1.75. The Morgan fingerprint density at radius 1 is 1.37 bits per heavy atom. The van der Waals surface area contributed by atoms with Crippen molar-refractivity contribution >= 4 is 5.91 Å². The largest absolute Gasteiger partial charge is 0.384 e. The Morgan fingerprint density at radius 3 is 2.53 bits per heavy atom. The second kappa shape index (κ2) is 7.57. The molecule has 2 N–H and O–H groups in total. The molecule has 0 aliphatic heterocycles. The van der Waals surface area contributed by atoms with Gasteiger partial charge in [0.1, 0.15) is 6.61 Å². The molecule has 4 heteroatoms. The van der Waals surface area contributed by atoms with Crippen LogP contribution < -0.4 is 5.32 Å². The van der Waals surface area contributed by atoms with Crippen molar-refractivity contribution < 1.29 is 9.90 Å². The maximum atomic E-state index is 12.0. The molecule has 1 unspecified atom stereocenters. The molecule has 0 radical (unpaired) electrons. The van der Waals surface area contributed by atoms with Crippen LogP contribution in [-0.2, 0) is 0 Å². The quantitative estimate of drug-likeness (QED) is 0.784. The van der Waals surface area contributed by atoms with E-state index in [1.54, 1.807) is 24.3 Å². The average molecular weight is 260 g/mol. The van der Waals surface area contributed by atoms with Crippen molar-refractivity contribution in [2.45, 2.75) is 13.0 Å². The van der Waals surface area contributed by atoms with Crippen molar-refractivity contribution in [2.75, 3.05) is 27.2 Å². The normalized spacial score (nSPS) is 11.6. The van der Waals surface area contributed by atoms with E-state index in [-0.39, 0.29) is 18.6 Å². The van der Waals surface area contributed by atoms with Crippen LogP contribution in [-0.4, -0.2) is 49.2 Å². The third-order valence-electron chi connectivity index (χ3n) is 2.48. The van der Waals surface area contributed by atoms with Crippen LogP contribution in [0.4, 0.5) is 0 Å². The Labute approximate surface area is 114 Å². The molecule has 0 saturated heterocycles. The van der Waals surface area contributed by atoms with Gasteiger partial charge in [-0.05, 0) is 45.3 Å². The van der Waals surface area contributed by atoms with Crippen molar-refractivity contribution in [3.63, 3.8) is 0 Å². The highest BCUT2D eigenvalue weighted by molar-refractivity contribution is 5.94. The summed E-state index contributed by atoms with van der Waals surface area (Å²) in [5, 5.41) is 11.5. The Balaban J connectivity index is 2.62. The van der Waals surface area contributed by atoms with Gasteiger partial charge in [0.25, 0.3) is 5.91 Å². The van der Waals surface area contributed by atoms with E-state index in [0.29, 0.717) is 5.56 Å². The molecule has 1 aromatic rings. The number of rotatable bonds is 4. The Morgan fingerprint density at radius 2 is 2.00 bits per heavy atom. The topological polar surface area (TPSA) is 52.6 Å². The summed E-state index contributed by atoms with van der Waals surface area (Å²) in [5.41, 5.74) is 1.40. The summed E-state index contributed by atoms with van der Waals surface area (Å²) in [5.74, 6) is 5.27. The number of nitrogens with zero attached hydrogens (tertiary/aromatic N) is 1. The summed E-state index contributed by atoms with van der Waals surface area (Å²) in [4.78, 5) is 14.0. The predicted molar refractivity (Wildman–Crippen MR) is 75.9 cm³/mol. The van der Waals surface area contributed by atoms with E-state index in [1.165, 1.54) is 0 Å². The fraction of sp³-hybridized carbons (Fsp3) is 0.400. The molecule has 0 bridgehead atoms. The summed E-state index contributed by atoms with van der Waals surface area (Å²) < 4.78 is 0. The third-order valence-corrected chi connectivity index (χ3v) is 2.48. The molecule has 0 spiro atoms. The lowest BCUT2D eigenvalue weighted by molar-refractivity contribution is 0.0934. The smallest absolute Gasteiger partial charge is 0.251 e. The first-order chi connectivity index (χ1) is 9.02. The summed E-state index contributed by atoms with van der Waals surface area (Å²) in [6, 6.07) is 7.11. The van der Waals surface area contributed by atoms with Gasteiger partial charge in [-0.3, -0.25) is 4.79 Å². The molecule has 1 amide bonds. The summed E-state index contributed by atoms with van der Waals surface area (Å²) in [7, 11) is 3.94. The molecule has 0 aromatic heterocycles. The number of likely N-dealkylation sites (N-methyl/N-ethyl adjacent to an activating group) is 1. The summed E-state index contributed by atoms with van der Waals surface area (Å²) in [6.45, 7) is 2.61. The maximum absolute atomic E-state index is 12.0. The second-order valence-electron chi connectivity index (χ2n) is 4.67. The van der Waals surface area contributed by atoms with Gasteiger partial charge in [0, 0.05) is 23.7 Å². The molecule has 4 nitrogen and oxygen atoms in total. The van der Waals surface area contributed by atoms with Crippen molar-refractivity contribution in [1.82, 2.24) is 10.2 Å². The number of benzene rings is 1. The van der Waals surface area contributed by atoms with E-state index in [1.807, 2.05) is 25.9 Å². The second-order valence-corrected chi connectivity index (χ2v) is 4.67. The van der Waals surface area contributed by atoms with Crippen molar-refractivity contribution in [2.24, 2.45) is 0 Å². The van der Waals surface area contributed by atoms with E-state index in [4.69, 9.17) is 5.11 Å². The van der Waals surface area contributed by atoms with Crippen LogP contribution in [0.1, 0.15) is 22.8 Å².